The number of amides is 2. The van der Waals surface area contributed by atoms with Crippen molar-refractivity contribution in [2.24, 2.45) is 17.3 Å². The van der Waals surface area contributed by atoms with E-state index in [1.54, 1.807) is 0 Å². The minimum Gasteiger partial charge on any atom is -0.478 e. The topological polar surface area (TPSA) is 87.8 Å². The fourth-order valence-electron chi connectivity index (χ4n) is 2.89. The average molecular weight is 263 g/mol. The molecule has 19 heavy (non-hydrogen) atoms. The zero-order valence-corrected chi connectivity index (χ0v) is 10.5. The number of rotatable bonds is 3. The maximum absolute atomic E-state index is 12.1. The van der Waals surface area contributed by atoms with E-state index in [4.69, 9.17) is 9.52 Å². The molecular formula is C13H13NO5. The Morgan fingerprint density at radius 1 is 1.37 bits per heavy atom. The van der Waals surface area contributed by atoms with Crippen molar-refractivity contribution in [3.05, 3.63) is 23.7 Å². The predicted octanol–water partition coefficient (Wildman–Crippen LogP) is 1.12. The molecule has 1 aromatic rings. The summed E-state index contributed by atoms with van der Waals surface area (Å²) in [5, 5.41) is 8.77. The molecule has 2 heterocycles. The monoisotopic (exact) mass is 263 g/mol. The highest BCUT2D eigenvalue weighted by Gasteiger charge is 2.72. The van der Waals surface area contributed by atoms with E-state index in [2.05, 4.69) is 0 Å². The molecule has 2 unspecified atom stereocenters. The minimum absolute atomic E-state index is 0.00796. The fraction of sp³-hybridized carbons (Fsp3) is 0.462. The lowest BCUT2D eigenvalue weighted by Crippen LogP contribution is -2.35. The molecule has 1 saturated carbocycles. The first-order valence-corrected chi connectivity index (χ1v) is 6.00. The summed E-state index contributed by atoms with van der Waals surface area (Å²) in [7, 11) is 0. The number of furan rings is 1. The van der Waals surface area contributed by atoms with Gasteiger partial charge in [-0.05, 0) is 11.5 Å². The van der Waals surface area contributed by atoms with Gasteiger partial charge in [0.15, 0.2) is 0 Å². The number of piperidine rings is 1. The van der Waals surface area contributed by atoms with Crippen molar-refractivity contribution in [3.63, 3.8) is 0 Å². The molecule has 2 fully saturated rings. The van der Waals surface area contributed by atoms with Crippen molar-refractivity contribution in [2.75, 3.05) is 0 Å². The Bertz CT molecular complexity index is 576. The summed E-state index contributed by atoms with van der Waals surface area (Å²) in [4.78, 5) is 36.0. The standard InChI is InChI=1S/C13H13NO5/c1-13(2)8-9(13)11(16)14(10(8)15)4-7-3-6(5-19-7)12(17)18/h3,5,8-9H,4H2,1-2H3,(H,17,18). The van der Waals surface area contributed by atoms with Gasteiger partial charge in [-0.3, -0.25) is 14.5 Å². The first kappa shape index (κ1) is 12.0. The molecule has 100 valence electrons. The molecule has 6 nitrogen and oxygen atoms in total. The molecule has 2 atom stereocenters. The van der Waals surface area contributed by atoms with Crippen molar-refractivity contribution in [1.82, 2.24) is 4.90 Å². The third kappa shape index (κ3) is 1.52. The van der Waals surface area contributed by atoms with Crippen LogP contribution in [-0.4, -0.2) is 27.8 Å². The van der Waals surface area contributed by atoms with Crippen molar-refractivity contribution >= 4 is 17.8 Å². The van der Waals surface area contributed by atoms with Crippen LogP contribution in [0.3, 0.4) is 0 Å². The van der Waals surface area contributed by atoms with Gasteiger partial charge in [-0.25, -0.2) is 4.79 Å². The van der Waals surface area contributed by atoms with Crippen LogP contribution in [-0.2, 0) is 16.1 Å². The summed E-state index contributed by atoms with van der Waals surface area (Å²) in [6.07, 6.45) is 1.10. The van der Waals surface area contributed by atoms with Gasteiger partial charge in [0.2, 0.25) is 11.8 Å². The van der Waals surface area contributed by atoms with E-state index in [-0.39, 0.29) is 41.2 Å². The zero-order chi connectivity index (χ0) is 13.9. The molecular weight excluding hydrogens is 250 g/mol. The van der Waals surface area contributed by atoms with E-state index in [1.165, 1.54) is 6.07 Å². The number of fused-ring (bicyclic) bond motifs is 1. The van der Waals surface area contributed by atoms with Gasteiger partial charge in [0.05, 0.1) is 23.9 Å². The number of carboxylic acids is 1. The van der Waals surface area contributed by atoms with Gasteiger partial charge >= 0.3 is 5.97 Å². The quantitative estimate of drug-likeness (QED) is 0.825. The van der Waals surface area contributed by atoms with Crippen LogP contribution >= 0.6 is 0 Å². The predicted molar refractivity (Wildman–Crippen MR) is 62.0 cm³/mol. The Hall–Kier alpha value is -2.11. The second-order valence-corrected chi connectivity index (χ2v) is 5.65. The molecule has 0 spiro atoms. The van der Waals surface area contributed by atoms with E-state index >= 15 is 0 Å². The molecule has 0 radical (unpaired) electrons. The van der Waals surface area contributed by atoms with Crippen molar-refractivity contribution in [2.45, 2.75) is 20.4 Å². The molecule has 6 heteroatoms. The van der Waals surface area contributed by atoms with Crippen LogP contribution in [0.1, 0.15) is 30.0 Å². The third-order valence-electron chi connectivity index (χ3n) is 4.11. The van der Waals surface area contributed by atoms with Gasteiger partial charge < -0.3 is 9.52 Å². The molecule has 1 N–H and O–H groups in total. The van der Waals surface area contributed by atoms with Gasteiger partial charge in [0.25, 0.3) is 0 Å². The second kappa shape index (κ2) is 3.46. The highest BCUT2D eigenvalue weighted by Crippen LogP contribution is 2.63. The number of nitrogens with zero attached hydrogens (tertiary/aromatic N) is 1. The molecule has 1 aliphatic carbocycles. The Morgan fingerprint density at radius 2 is 1.95 bits per heavy atom. The first-order chi connectivity index (χ1) is 8.84. The summed E-state index contributed by atoms with van der Waals surface area (Å²) in [6, 6.07) is 1.33. The molecule has 0 bridgehead atoms. The van der Waals surface area contributed by atoms with E-state index in [1.807, 2.05) is 13.8 Å². The largest absolute Gasteiger partial charge is 0.478 e. The van der Waals surface area contributed by atoms with Crippen LogP contribution in [0.25, 0.3) is 0 Å². The number of aromatic carboxylic acids is 1. The van der Waals surface area contributed by atoms with Crippen LogP contribution in [0.4, 0.5) is 0 Å². The molecule has 1 aromatic heterocycles. The molecule has 1 saturated heterocycles. The van der Waals surface area contributed by atoms with Gasteiger partial charge in [-0.1, -0.05) is 13.8 Å². The minimum atomic E-state index is -1.10. The van der Waals surface area contributed by atoms with E-state index in [0.717, 1.165) is 11.2 Å². The van der Waals surface area contributed by atoms with E-state index in [0.29, 0.717) is 5.76 Å². The van der Waals surface area contributed by atoms with Crippen LogP contribution in [0.2, 0.25) is 0 Å². The molecule has 2 amide bonds. The fourth-order valence-corrected chi connectivity index (χ4v) is 2.89. The van der Waals surface area contributed by atoms with Crippen molar-refractivity contribution < 1.29 is 23.9 Å². The van der Waals surface area contributed by atoms with E-state index < -0.39 is 5.97 Å². The van der Waals surface area contributed by atoms with Crippen molar-refractivity contribution in [3.8, 4) is 0 Å². The summed E-state index contributed by atoms with van der Waals surface area (Å²) in [5.74, 6) is -1.62. The lowest BCUT2D eigenvalue weighted by Gasteiger charge is -2.19. The Labute approximate surface area is 109 Å². The third-order valence-corrected chi connectivity index (χ3v) is 4.11. The number of hydrogen-bond donors (Lipinski definition) is 1. The number of hydrogen-bond acceptors (Lipinski definition) is 4. The molecule has 3 rings (SSSR count). The number of carbonyl (C=O) groups excluding carboxylic acids is 2. The smallest absolute Gasteiger partial charge is 0.338 e. The summed E-state index contributed by atoms with van der Waals surface area (Å²) in [5.41, 5.74) is -0.223. The van der Waals surface area contributed by atoms with Gasteiger partial charge in [0, 0.05) is 0 Å². The lowest BCUT2D eigenvalue weighted by atomic mass is 10.1. The molecule has 1 aliphatic heterocycles. The van der Waals surface area contributed by atoms with Crippen molar-refractivity contribution in [1.29, 1.82) is 0 Å². The summed E-state index contributed by atoms with van der Waals surface area (Å²) >= 11 is 0. The normalized spacial score (nSPS) is 27.6. The van der Waals surface area contributed by atoms with Gasteiger partial charge in [0.1, 0.15) is 12.0 Å². The zero-order valence-electron chi connectivity index (χ0n) is 10.5. The van der Waals surface area contributed by atoms with Gasteiger partial charge in [-0.15, -0.1) is 0 Å². The van der Waals surface area contributed by atoms with Crippen LogP contribution in [0, 0.1) is 17.3 Å². The van der Waals surface area contributed by atoms with Crippen LogP contribution in [0.5, 0.6) is 0 Å². The number of likely N-dealkylation sites (tertiary alicyclic amines) is 1. The Morgan fingerprint density at radius 3 is 2.42 bits per heavy atom. The van der Waals surface area contributed by atoms with E-state index in [9.17, 15) is 14.4 Å². The Balaban J connectivity index is 1.77. The Kier molecular flexibility index (Phi) is 2.18. The summed E-state index contributed by atoms with van der Waals surface area (Å²) < 4.78 is 5.06. The highest BCUT2D eigenvalue weighted by molar-refractivity contribution is 6.10. The number of carboxylic acid groups (broad SMARTS) is 1. The number of carbonyl (C=O) groups is 3. The highest BCUT2D eigenvalue weighted by atomic mass is 16.4. The lowest BCUT2D eigenvalue weighted by molar-refractivity contribution is -0.144. The number of imide groups is 1. The maximum Gasteiger partial charge on any atom is 0.338 e. The maximum atomic E-state index is 12.1. The van der Waals surface area contributed by atoms with Gasteiger partial charge in [-0.2, -0.15) is 0 Å². The SMILES string of the molecule is CC1(C)C2C(=O)N(Cc3cc(C(=O)O)co3)C(=O)C21. The second-order valence-electron chi connectivity index (χ2n) is 5.65. The molecule has 0 aromatic carbocycles. The molecule has 2 aliphatic rings. The van der Waals surface area contributed by atoms with Crippen LogP contribution < -0.4 is 0 Å². The average Bonchev–Trinajstić information content (AvgIpc) is 2.66. The summed E-state index contributed by atoms with van der Waals surface area (Å²) in [6.45, 7) is 3.82. The van der Waals surface area contributed by atoms with Crippen LogP contribution in [0.15, 0.2) is 16.7 Å². The first-order valence-electron chi connectivity index (χ1n) is 6.00.